The van der Waals surface area contributed by atoms with Gasteiger partial charge in [0.2, 0.25) is 0 Å². The fraction of sp³-hybridized carbons (Fsp3) is 0.333. The van der Waals surface area contributed by atoms with Gasteiger partial charge in [-0.1, -0.05) is 36.3 Å². The minimum Gasteiger partial charge on any atom is -0.399 e. The lowest BCUT2D eigenvalue weighted by Crippen LogP contribution is -2.41. The van der Waals surface area contributed by atoms with E-state index in [0.29, 0.717) is 5.56 Å². The molecule has 0 aliphatic carbocycles. The molecular weight excluding hydrogens is 404 g/mol. The molecule has 3 aromatic rings. The van der Waals surface area contributed by atoms with E-state index in [4.69, 9.17) is 4.42 Å². The van der Waals surface area contributed by atoms with Crippen LogP contribution in [-0.4, -0.2) is 35.7 Å². The van der Waals surface area contributed by atoms with Gasteiger partial charge in [-0.2, -0.15) is 5.26 Å². The van der Waals surface area contributed by atoms with Gasteiger partial charge in [0.05, 0.1) is 17.7 Å². The van der Waals surface area contributed by atoms with Crippen molar-refractivity contribution in [1.29, 1.82) is 5.26 Å². The Morgan fingerprint density at radius 1 is 1.19 bits per heavy atom. The number of anilines is 2. The molecule has 3 heterocycles. The molecule has 1 unspecified atom stereocenters. The number of hydrogen-bond donors (Lipinski definition) is 2. The van der Waals surface area contributed by atoms with Crippen molar-refractivity contribution in [1.82, 2.24) is 15.5 Å². The van der Waals surface area contributed by atoms with Crippen LogP contribution >= 0.6 is 0 Å². The van der Waals surface area contributed by atoms with E-state index in [0.717, 1.165) is 19.4 Å². The number of nitrogens with zero attached hydrogens (tertiary/aromatic N) is 4. The van der Waals surface area contributed by atoms with Gasteiger partial charge < -0.3 is 20.0 Å². The minimum absolute atomic E-state index is 0.0525. The summed E-state index contributed by atoms with van der Waals surface area (Å²) in [6.45, 7) is 3.06. The number of hydrogen-bond acceptors (Lipinski definition) is 7. The van der Waals surface area contributed by atoms with Gasteiger partial charge in [0.15, 0.2) is 0 Å². The lowest BCUT2D eigenvalue weighted by atomic mass is 9.86. The highest BCUT2D eigenvalue weighted by atomic mass is 16.4. The van der Waals surface area contributed by atoms with Crippen LogP contribution in [0.15, 0.2) is 46.9 Å². The molecule has 1 aromatic heterocycles. The number of amides is 1. The molecule has 5 rings (SSSR count). The van der Waals surface area contributed by atoms with Crippen LogP contribution in [0.4, 0.5) is 11.7 Å². The lowest BCUT2D eigenvalue weighted by molar-refractivity contribution is 0.0929. The number of benzene rings is 2. The maximum Gasteiger partial charge on any atom is 0.316 e. The summed E-state index contributed by atoms with van der Waals surface area (Å²) in [4.78, 5) is 14.2. The summed E-state index contributed by atoms with van der Waals surface area (Å²) >= 11 is 0. The van der Waals surface area contributed by atoms with Crippen LogP contribution in [-0.2, 0) is 0 Å². The van der Waals surface area contributed by atoms with Gasteiger partial charge in [-0.15, -0.1) is 5.10 Å². The van der Waals surface area contributed by atoms with E-state index < -0.39 is 5.91 Å². The molecule has 3 atom stereocenters. The predicted octanol–water partition coefficient (Wildman–Crippen LogP) is 3.59. The Balaban J connectivity index is 1.48. The van der Waals surface area contributed by atoms with E-state index in [2.05, 4.69) is 69.1 Å². The minimum atomic E-state index is -0.402. The summed E-state index contributed by atoms with van der Waals surface area (Å²) in [5, 5.41) is 23.0. The van der Waals surface area contributed by atoms with Crippen molar-refractivity contribution >= 4 is 17.6 Å². The second kappa shape index (κ2) is 8.00. The van der Waals surface area contributed by atoms with Gasteiger partial charge >= 0.3 is 17.8 Å². The van der Waals surface area contributed by atoms with Gasteiger partial charge in [-0.05, 0) is 47.7 Å². The third kappa shape index (κ3) is 3.36. The SMILES string of the molecule is CNC(=O)c1nnc(NC2CCN3c4ccc(C#N)cc4[C@@H](C)c4ccccc4[C@@H]3C2)o1. The third-order valence-electron chi connectivity index (χ3n) is 6.53. The summed E-state index contributed by atoms with van der Waals surface area (Å²) in [6.07, 6.45) is 1.73. The van der Waals surface area contributed by atoms with Gasteiger partial charge in [0.25, 0.3) is 0 Å². The number of carbonyl (C=O) groups is 1. The standard InChI is InChI=1S/C24H24N6O2/c1-14-17-5-3-4-6-18(17)21-12-16(27-24-29-28-23(32-24)22(31)26-2)9-10-30(21)20-8-7-15(13-25)11-19(14)20/h3-8,11,14,16,21H,9-10,12H2,1-2H3,(H,26,31)(H,27,29)/t14-,16?,21-/m0/s1. The first-order chi connectivity index (χ1) is 15.6. The van der Waals surface area contributed by atoms with Crippen LogP contribution in [0.25, 0.3) is 0 Å². The van der Waals surface area contributed by atoms with E-state index in [-0.39, 0.29) is 29.9 Å². The number of piperidine rings is 1. The number of nitriles is 1. The first-order valence-corrected chi connectivity index (χ1v) is 10.8. The van der Waals surface area contributed by atoms with E-state index in [1.165, 1.54) is 29.4 Å². The highest BCUT2D eigenvalue weighted by molar-refractivity contribution is 5.89. The molecule has 1 fully saturated rings. The largest absolute Gasteiger partial charge is 0.399 e. The summed E-state index contributed by atoms with van der Waals surface area (Å²) in [6, 6.07) is 17.4. The molecule has 1 saturated heterocycles. The highest BCUT2D eigenvalue weighted by Crippen LogP contribution is 2.46. The number of fused-ring (bicyclic) bond motifs is 5. The zero-order valence-electron chi connectivity index (χ0n) is 18.0. The second-order valence-corrected chi connectivity index (χ2v) is 8.30. The van der Waals surface area contributed by atoms with Gasteiger partial charge in [0.1, 0.15) is 0 Å². The summed E-state index contributed by atoms with van der Waals surface area (Å²) in [7, 11) is 1.53. The molecule has 162 valence electrons. The van der Waals surface area contributed by atoms with Crippen molar-refractivity contribution < 1.29 is 9.21 Å². The Morgan fingerprint density at radius 2 is 2.00 bits per heavy atom. The molecule has 0 spiro atoms. The zero-order chi connectivity index (χ0) is 22.2. The first kappa shape index (κ1) is 20.1. The van der Waals surface area contributed by atoms with Gasteiger partial charge in [0, 0.05) is 31.2 Å². The average molecular weight is 428 g/mol. The molecule has 0 bridgehead atoms. The fourth-order valence-corrected chi connectivity index (χ4v) is 4.94. The molecule has 8 heteroatoms. The smallest absolute Gasteiger partial charge is 0.316 e. The number of carbonyl (C=O) groups excluding carboxylic acids is 1. The normalized spacial score (nSPS) is 21.4. The summed E-state index contributed by atoms with van der Waals surface area (Å²) in [5.41, 5.74) is 5.66. The maximum atomic E-state index is 11.7. The van der Waals surface area contributed by atoms with E-state index in [1.54, 1.807) is 0 Å². The quantitative estimate of drug-likeness (QED) is 0.656. The predicted molar refractivity (Wildman–Crippen MR) is 120 cm³/mol. The van der Waals surface area contributed by atoms with Crippen LogP contribution < -0.4 is 15.5 Å². The third-order valence-corrected chi connectivity index (χ3v) is 6.53. The van der Waals surface area contributed by atoms with Crippen LogP contribution in [0.5, 0.6) is 0 Å². The van der Waals surface area contributed by atoms with E-state index >= 15 is 0 Å². The Bertz CT molecular complexity index is 1210. The average Bonchev–Trinajstić information content (AvgIpc) is 3.27. The van der Waals surface area contributed by atoms with Crippen LogP contribution in [0.1, 0.15) is 64.7 Å². The summed E-state index contributed by atoms with van der Waals surface area (Å²) in [5.74, 6) is -0.263. The molecule has 2 aromatic carbocycles. The Morgan fingerprint density at radius 3 is 2.78 bits per heavy atom. The fourth-order valence-electron chi connectivity index (χ4n) is 4.94. The van der Waals surface area contributed by atoms with Crippen LogP contribution in [0.2, 0.25) is 0 Å². The zero-order valence-corrected chi connectivity index (χ0v) is 18.0. The van der Waals surface area contributed by atoms with Crippen molar-refractivity contribution in [3.63, 3.8) is 0 Å². The van der Waals surface area contributed by atoms with Gasteiger partial charge in [-0.25, -0.2) is 0 Å². The van der Waals surface area contributed by atoms with Gasteiger partial charge in [-0.3, -0.25) is 4.79 Å². The molecule has 1 amide bonds. The lowest BCUT2D eigenvalue weighted by Gasteiger charge is -2.41. The van der Waals surface area contributed by atoms with Crippen molar-refractivity contribution in [2.45, 2.75) is 37.8 Å². The molecule has 32 heavy (non-hydrogen) atoms. The number of aromatic nitrogens is 2. The Labute approximate surface area is 186 Å². The maximum absolute atomic E-state index is 11.7. The molecule has 2 N–H and O–H groups in total. The van der Waals surface area contributed by atoms with Crippen molar-refractivity contribution in [3.05, 3.63) is 70.6 Å². The van der Waals surface area contributed by atoms with Crippen molar-refractivity contribution in [2.75, 3.05) is 23.8 Å². The molecule has 0 radical (unpaired) electrons. The van der Waals surface area contributed by atoms with Crippen LogP contribution in [0.3, 0.4) is 0 Å². The number of rotatable bonds is 3. The van der Waals surface area contributed by atoms with E-state index in [9.17, 15) is 10.1 Å². The molecule has 8 nitrogen and oxygen atoms in total. The molecule has 0 saturated carbocycles. The summed E-state index contributed by atoms with van der Waals surface area (Å²) < 4.78 is 5.48. The van der Waals surface area contributed by atoms with Crippen molar-refractivity contribution in [3.8, 4) is 6.07 Å². The Hall–Kier alpha value is -3.86. The van der Waals surface area contributed by atoms with Crippen molar-refractivity contribution in [2.24, 2.45) is 0 Å². The highest BCUT2D eigenvalue weighted by Gasteiger charge is 2.36. The van der Waals surface area contributed by atoms with E-state index in [1.807, 2.05) is 12.1 Å². The Kier molecular flexibility index (Phi) is 5.02. The molecular formula is C24H24N6O2. The first-order valence-electron chi connectivity index (χ1n) is 10.8. The molecule has 2 aliphatic heterocycles. The molecule has 2 aliphatic rings. The monoisotopic (exact) mass is 428 g/mol. The second-order valence-electron chi connectivity index (χ2n) is 8.30. The number of nitrogens with one attached hydrogen (secondary N) is 2. The topological polar surface area (TPSA) is 107 Å². The van der Waals surface area contributed by atoms with Crippen LogP contribution in [0, 0.1) is 11.3 Å².